The second-order valence-corrected chi connectivity index (χ2v) is 6.80. The molecule has 0 saturated carbocycles. The third-order valence-corrected chi connectivity index (χ3v) is 4.95. The summed E-state index contributed by atoms with van der Waals surface area (Å²) in [5.41, 5.74) is 1.84. The Morgan fingerprint density at radius 1 is 0.935 bits per heavy atom. The van der Waals surface area contributed by atoms with Crippen LogP contribution in [0.3, 0.4) is 0 Å². The topological polar surface area (TPSA) is 102 Å². The highest BCUT2D eigenvalue weighted by atomic mass is 16.6. The van der Waals surface area contributed by atoms with Gasteiger partial charge in [-0.1, -0.05) is 24.3 Å². The minimum Gasteiger partial charge on any atom is -0.497 e. The van der Waals surface area contributed by atoms with E-state index in [9.17, 15) is 19.7 Å². The van der Waals surface area contributed by atoms with Gasteiger partial charge in [0.1, 0.15) is 5.75 Å². The average Bonchev–Trinajstić information content (AvgIpc) is 3.05. The monoisotopic (exact) mass is 415 g/mol. The summed E-state index contributed by atoms with van der Waals surface area (Å²) < 4.78 is 5.19. The molecule has 3 aromatic rings. The number of ether oxygens (including phenoxy) is 1. The molecule has 4 rings (SSSR count). The molecule has 3 aromatic carbocycles. The Morgan fingerprint density at radius 3 is 2.03 bits per heavy atom. The zero-order chi connectivity index (χ0) is 22.0. The van der Waals surface area contributed by atoms with Crippen molar-refractivity contribution in [2.24, 2.45) is 4.99 Å². The van der Waals surface area contributed by atoms with Crippen molar-refractivity contribution in [3.8, 4) is 5.75 Å². The number of hydrogen-bond acceptors (Lipinski definition) is 6. The van der Waals surface area contributed by atoms with Crippen molar-refractivity contribution in [3.63, 3.8) is 0 Å². The lowest BCUT2D eigenvalue weighted by Gasteiger charge is -2.23. The quantitative estimate of drug-likeness (QED) is 0.262. The van der Waals surface area contributed by atoms with Gasteiger partial charge >= 0.3 is 0 Å². The number of rotatable bonds is 6. The van der Waals surface area contributed by atoms with Crippen molar-refractivity contribution in [3.05, 3.63) is 105 Å². The molecule has 31 heavy (non-hydrogen) atoms. The number of nitro groups is 1. The van der Waals surface area contributed by atoms with Crippen molar-refractivity contribution in [2.75, 3.05) is 7.11 Å². The number of carbonyl (C=O) groups excluding carboxylic acids is 2. The van der Waals surface area contributed by atoms with Gasteiger partial charge in [0.25, 0.3) is 17.5 Å². The van der Waals surface area contributed by atoms with Gasteiger partial charge in [0.05, 0.1) is 23.2 Å². The molecule has 0 radical (unpaired) electrons. The van der Waals surface area contributed by atoms with E-state index in [1.165, 1.54) is 18.3 Å². The van der Waals surface area contributed by atoms with E-state index in [4.69, 9.17) is 4.74 Å². The number of nitro benzene ring substituents is 1. The molecule has 0 bridgehead atoms. The molecule has 2 amide bonds. The number of carbonyl (C=O) groups is 2. The van der Waals surface area contributed by atoms with E-state index in [1.807, 2.05) is 0 Å². The van der Waals surface area contributed by atoms with Gasteiger partial charge in [-0.15, -0.1) is 0 Å². The molecule has 8 nitrogen and oxygen atoms in total. The number of imide groups is 1. The summed E-state index contributed by atoms with van der Waals surface area (Å²) in [6, 6.07) is 19.4. The summed E-state index contributed by atoms with van der Waals surface area (Å²) >= 11 is 0. The zero-order valence-electron chi connectivity index (χ0n) is 16.5. The Kier molecular flexibility index (Phi) is 5.28. The molecular weight excluding hydrogens is 398 g/mol. The molecule has 1 unspecified atom stereocenters. The maximum atomic E-state index is 13.0. The Hall–Kier alpha value is -4.33. The lowest BCUT2D eigenvalue weighted by molar-refractivity contribution is -0.384. The Morgan fingerprint density at radius 2 is 1.52 bits per heavy atom. The van der Waals surface area contributed by atoms with Crippen LogP contribution >= 0.6 is 0 Å². The lowest BCUT2D eigenvalue weighted by Crippen LogP contribution is -2.33. The number of non-ortho nitro benzene ring substituents is 1. The van der Waals surface area contributed by atoms with Crippen LogP contribution < -0.4 is 4.74 Å². The van der Waals surface area contributed by atoms with Crippen molar-refractivity contribution in [1.82, 2.24) is 4.90 Å². The van der Waals surface area contributed by atoms with Crippen molar-refractivity contribution in [1.29, 1.82) is 0 Å². The number of methoxy groups -OCH3 is 1. The van der Waals surface area contributed by atoms with E-state index < -0.39 is 22.9 Å². The van der Waals surface area contributed by atoms with Crippen LogP contribution in [0.25, 0.3) is 0 Å². The first-order valence-electron chi connectivity index (χ1n) is 9.38. The second-order valence-electron chi connectivity index (χ2n) is 6.80. The number of hydrogen-bond donors (Lipinski definition) is 0. The van der Waals surface area contributed by atoms with Gasteiger partial charge in [0.15, 0.2) is 6.17 Å². The van der Waals surface area contributed by atoms with Crippen LogP contribution in [0.15, 0.2) is 77.8 Å². The average molecular weight is 415 g/mol. The highest BCUT2D eigenvalue weighted by molar-refractivity contribution is 6.21. The highest BCUT2D eigenvalue weighted by Crippen LogP contribution is 2.33. The number of nitrogens with zero attached hydrogens (tertiary/aromatic N) is 3. The molecule has 0 N–H and O–H groups in total. The minimum atomic E-state index is -0.909. The Bertz CT molecular complexity index is 1150. The normalized spacial score (nSPS) is 14.0. The number of benzene rings is 3. The predicted octanol–water partition coefficient (Wildman–Crippen LogP) is 4.02. The third-order valence-electron chi connectivity index (χ3n) is 4.95. The first-order chi connectivity index (χ1) is 15.0. The first-order valence-corrected chi connectivity index (χ1v) is 9.38. The van der Waals surface area contributed by atoms with Crippen molar-refractivity contribution < 1.29 is 19.2 Å². The Labute approximate surface area is 177 Å². The van der Waals surface area contributed by atoms with Gasteiger partial charge in [-0.2, -0.15) is 0 Å². The van der Waals surface area contributed by atoms with Gasteiger partial charge in [-0.05, 0) is 47.5 Å². The van der Waals surface area contributed by atoms with Gasteiger partial charge in [-0.3, -0.25) is 24.7 Å². The van der Waals surface area contributed by atoms with Gasteiger partial charge in [0, 0.05) is 18.3 Å². The van der Waals surface area contributed by atoms with E-state index in [-0.39, 0.29) is 5.69 Å². The van der Waals surface area contributed by atoms with Gasteiger partial charge in [0.2, 0.25) is 0 Å². The van der Waals surface area contributed by atoms with Gasteiger partial charge < -0.3 is 4.74 Å². The fraction of sp³-hybridized carbons (Fsp3) is 0.0870. The summed E-state index contributed by atoms with van der Waals surface area (Å²) in [5.74, 6) is -0.228. The van der Waals surface area contributed by atoms with E-state index in [1.54, 1.807) is 67.8 Å². The van der Waals surface area contributed by atoms with E-state index >= 15 is 0 Å². The van der Waals surface area contributed by atoms with Crippen LogP contribution in [0.4, 0.5) is 5.69 Å². The molecule has 0 aliphatic carbocycles. The number of fused-ring (bicyclic) bond motifs is 1. The Balaban J connectivity index is 1.72. The molecule has 1 aliphatic heterocycles. The molecule has 0 spiro atoms. The summed E-state index contributed by atoms with van der Waals surface area (Å²) in [6.07, 6.45) is 0.579. The molecule has 1 heterocycles. The van der Waals surface area contributed by atoms with Crippen LogP contribution in [-0.4, -0.2) is 35.0 Å². The summed E-state index contributed by atoms with van der Waals surface area (Å²) in [6.45, 7) is 0. The zero-order valence-corrected chi connectivity index (χ0v) is 16.5. The molecule has 1 atom stereocenters. The van der Waals surface area contributed by atoms with Crippen LogP contribution in [0, 0.1) is 10.1 Å². The fourth-order valence-electron chi connectivity index (χ4n) is 3.35. The maximum absolute atomic E-state index is 13.0. The molecule has 154 valence electrons. The standard InChI is InChI=1S/C23H17N3O5/c1-31-18-12-8-16(9-13-18)21(24-14-15-6-10-17(11-7-15)26(29)30)25-22(27)19-4-2-3-5-20(19)23(25)28/h2-14,21H,1H3/b24-14+. The fourth-order valence-corrected chi connectivity index (χ4v) is 3.35. The van der Waals surface area contributed by atoms with Crippen LogP contribution in [0.5, 0.6) is 5.75 Å². The largest absolute Gasteiger partial charge is 0.497 e. The molecule has 1 aliphatic rings. The predicted molar refractivity (Wildman–Crippen MR) is 113 cm³/mol. The van der Waals surface area contributed by atoms with Crippen LogP contribution in [0.2, 0.25) is 0 Å². The number of amides is 2. The highest BCUT2D eigenvalue weighted by Gasteiger charge is 2.40. The molecule has 0 fully saturated rings. The molecule has 0 saturated heterocycles. The summed E-state index contributed by atoms with van der Waals surface area (Å²) in [7, 11) is 1.55. The lowest BCUT2D eigenvalue weighted by atomic mass is 10.1. The minimum absolute atomic E-state index is 0.0378. The number of aliphatic imine (C=N–C) groups is 1. The second kappa shape index (κ2) is 8.19. The van der Waals surface area contributed by atoms with Crippen LogP contribution in [0.1, 0.15) is 38.0 Å². The maximum Gasteiger partial charge on any atom is 0.269 e. The van der Waals surface area contributed by atoms with Crippen molar-refractivity contribution in [2.45, 2.75) is 6.17 Å². The SMILES string of the molecule is COc1ccc(C(/N=C/c2ccc([N+](=O)[O-])cc2)N2C(=O)c3ccccc3C2=O)cc1. The smallest absolute Gasteiger partial charge is 0.269 e. The van der Waals surface area contributed by atoms with E-state index in [0.29, 0.717) is 28.0 Å². The summed E-state index contributed by atoms with van der Waals surface area (Å²) in [4.78, 5) is 42.0. The summed E-state index contributed by atoms with van der Waals surface area (Å²) in [5, 5.41) is 10.8. The van der Waals surface area contributed by atoms with Crippen molar-refractivity contribution >= 4 is 23.7 Å². The van der Waals surface area contributed by atoms with E-state index in [2.05, 4.69) is 4.99 Å². The van der Waals surface area contributed by atoms with E-state index in [0.717, 1.165) is 4.90 Å². The molecule has 8 heteroatoms. The first kappa shape index (κ1) is 20.0. The van der Waals surface area contributed by atoms with Gasteiger partial charge in [-0.25, -0.2) is 4.90 Å². The molecule has 0 aromatic heterocycles. The third kappa shape index (κ3) is 3.78. The van der Waals surface area contributed by atoms with Crippen LogP contribution in [-0.2, 0) is 0 Å². The molecular formula is C23H17N3O5.